The van der Waals surface area contributed by atoms with E-state index in [0.29, 0.717) is 16.8 Å². The summed E-state index contributed by atoms with van der Waals surface area (Å²) in [7, 11) is 0. The molecule has 55 heavy (non-hydrogen) atoms. The van der Waals surface area contributed by atoms with E-state index in [-0.39, 0.29) is 0 Å². The summed E-state index contributed by atoms with van der Waals surface area (Å²) in [5, 5.41) is 4.57. The summed E-state index contributed by atoms with van der Waals surface area (Å²) in [6, 6.07) is 41.9. The first kappa shape index (κ1) is 34.2. The van der Waals surface area contributed by atoms with Crippen LogP contribution in [0.4, 0.5) is 18.9 Å². The number of nitrogens with zero attached hydrogens (tertiary/aromatic N) is 3. The van der Waals surface area contributed by atoms with Gasteiger partial charge in [0.15, 0.2) is 5.69 Å². The Morgan fingerprint density at radius 3 is 1.45 bits per heavy atom. The Balaban J connectivity index is 1.37. The number of aryl methyl sites for hydroxylation is 5. The van der Waals surface area contributed by atoms with Gasteiger partial charge in [-0.3, -0.25) is 0 Å². The predicted molar refractivity (Wildman–Crippen MR) is 221 cm³/mol. The average molecular weight is 724 g/mol. The first-order valence-electron chi connectivity index (χ1n) is 18.3. The Labute approximate surface area is 317 Å². The van der Waals surface area contributed by atoms with Crippen molar-refractivity contribution < 1.29 is 13.2 Å². The predicted octanol–water partition coefficient (Wildman–Crippen LogP) is 14.3. The Bertz CT molecular complexity index is 2980. The van der Waals surface area contributed by atoms with Gasteiger partial charge in [-0.05, 0) is 147 Å². The Kier molecular flexibility index (Phi) is 7.77. The van der Waals surface area contributed by atoms with Crippen molar-refractivity contribution in [2.24, 2.45) is 0 Å². The van der Waals surface area contributed by atoms with Crippen LogP contribution < -0.4 is 0 Å². The van der Waals surface area contributed by atoms with Gasteiger partial charge in [0.25, 0.3) is 0 Å². The van der Waals surface area contributed by atoms with Crippen molar-refractivity contribution in [3.8, 4) is 33.6 Å². The number of hydrogen-bond acceptors (Lipinski definition) is 0. The van der Waals surface area contributed by atoms with Gasteiger partial charge < -0.3 is 9.13 Å². The zero-order valence-electron chi connectivity index (χ0n) is 31.1. The van der Waals surface area contributed by atoms with Crippen LogP contribution in [0, 0.1) is 41.2 Å². The maximum Gasteiger partial charge on any atom is 0.416 e. The lowest BCUT2D eigenvalue weighted by Gasteiger charge is -2.19. The second kappa shape index (κ2) is 12.5. The third-order valence-corrected chi connectivity index (χ3v) is 10.9. The molecule has 9 rings (SSSR count). The number of fused-ring (bicyclic) bond motifs is 6. The smallest absolute Gasteiger partial charge is 0.309 e. The fourth-order valence-corrected chi connectivity index (χ4v) is 8.29. The summed E-state index contributed by atoms with van der Waals surface area (Å²) in [5.74, 6) is 0. The Morgan fingerprint density at radius 1 is 0.473 bits per heavy atom. The molecule has 7 aromatic carbocycles. The minimum absolute atomic E-state index is 0.478. The number of hydrogen-bond donors (Lipinski definition) is 0. The Hall–Kier alpha value is -6.58. The minimum atomic E-state index is -4.44. The molecule has 0 saturated carbocycles. The van der Waals surface area contributed by atoms with Gasteiger partial charge in [0.2, 0.25) is 0 Å². The molecule has 3 nitrogen and oxygen atoms in total. The minimum Gasteiger partial charge on any atom is -0.309 e. The van der Waals surface area contributed by atoms with Crippen molar-refractivity contribution in [3.63, 3.8) is 0 Å². The van der Waals surface area contributed by atoms with E-state index in [4.69, 9.17) is 6.57 Å². The SMILES string of the molecule is [C-]#[N+]c1ccc(-n2c3ccc(C)cc3c3cc(C)ccc32)cc1-c1cc(-c2ccc(C(F)(F)F)cc2C)ccc1-n1c2ccc(C)cc2c2cc(C)ccc21. The van der Waals surface area contributed by atoms with Crippen molar-refractivity contribution in [2.45, 2.75) is 40.8 Å². The van der Waals surface area contributed by atoms with Crippen LogP contribution in [0.3, 0.4) is 0 Å². The van der Waals surface area contributed by atoms with E-state index in [1.807, 2.05) is 30.3 Å². The van der Waals surface area contributed by atoms with Crippen molar-refractivity contribution in [1.82, 2.24) is 9.13 Å². The number of benzene rings is 7. The molecule has 0 fully saturated rings. The second-order valence-electron chi connectivity index (χ2n) is 14.8. The number of rotatable bonds is 4. The maximum absolute atomic E-state index is 13.7. The van der Waals surface area contributed by atoms with Crippen molar-refractivity contribution in [3.05, 3.63) is 172 Å². The summed E-state index contributed by atoms with van der Waals surface area (Å²) in [5.41, 5.74) is 13.9. The van der Waals surface area contributed by atoms with Crippen LogP contribution >= 0.6 is 0 Å². The third-order valence-electron chi connectivity index (χ3n) is 10.9. The van der Waals surface area contributed by atoms with E-state index in [1.54, 1.807) is 13.0 Å². The number of aromatic nitrogens is 2. The van der Waals surface area contributed by atoms with Gasteiger partial charge >= 0.3 is 6.18 Å². The van der Waals surface area contributed by atoms with Crippen LogP contribution in [0.5, 0.6) is 0 Å². The first-order valence-corrected chi connectivity index (χ1v) is 18.3. The summed E-state index contributed by atoms with van der Waals surface area (Å²) in [6.07, 6.45) is -4.44. The summed E-state index contributed by atoms with van der Waals surface area (Å²) >= 11 is 0. The van der Waals surface area contributed by atoms with Crippen LogP contribution in [0.1, 0.15) is 33.4 Å². The van der Waals surface area contributed by atoms with Crippen LogP contribution in [0.2, 0.25) is 0 Å². The highest BCUT2D eigenvalue weighted by molar-refractivity contribution is 6.11. The normalized spacial score (nSPS) is 12.0. The monoisotopic (exact) mass is 723 g/mol. The lowest BCUT2D eigenvalue weighted by atomic mass is 9.93. The third kappa shape index (κ3) is 5.58. The van der Waals surface area contributed by atoms with Gasteiger partial charge in [-0.2, -0.15) is 13.2 Å². The molecule has 6 heteroatoms. The van der Waals surface area contributed by atoms with Crippen LogP contribution in [-0.4, -0.2) is 9.13 Å². The summed E-state index contributed by atoms with van der Waals surface area (Å²) in [4.78, 5) is 4.05. The van der Waals surface area contributed by atoms with Gasteiger partial charge in [0.1, 0.15) is 0 Å². The lowest BCUT2D eigenvalue weighted by molar-refractivity contribution is -0.137. The molecular formula is C49H36F3N3. The van der Waals surface area contributed by atoms with Gasteiger partial charge in [-0.1, -0.05) is 64.7 Å². The van der Waals surface area contributed by atoms with Crippen molar-refractivity contribution in [2.75, 3.05) is 0 Å². The highest BCUT2D eigenvalue weighted by Gasteiger charge is 2.31. The van der Waals surface area contributed by atoms with E-state index >= 15 is 0 Å². The molecule has 0 spiro atoms. The van der Waals surface area contributed by atoms with Crippen LogP contribution in [0.15, 0.2) is 127 Å². The number of halogens is 3. The Morgan fingerprint density at radius 2 is 0.982 bits per heavy atom. The maximum atomic E-state index is 13.7. The largest absolute Gasteiger partial charge is 0.416 e. The molecule has 0 N–H and O–H groups in total. The lowest BCUT2D eigenvalue weighted by Crippen LogP contribution is -2.05. The second-order valence-corrected chi connectivity index (χ2v) is 14.8. The van der Waals surface area contributed by atoms with Crippen LogP contribution in [-0.2, 0) is 6.18 Å². The molecule has 0 radical (unpaired) electrons. The molecule has 2 aromatic heterocycles. The van der Waals surface area contributed by atoms with Crippen molar-refractivity contribution >= 4 is 49.3 Å². The van der Waals surface area contributed by atoms with Gasteiger partial charge in [-0.25, -0.2) is 4.85 Å². The van der Waals surface area contributed by atoms with E-state index in [1.165, 1.54) is 17.2 Å². The van der Waals surface area contributed by atoms with E-state index in [2.05, 4.69) is 121 Å². The fourth-order valence-electron chi connectivity index (χ4n) is 8.29. The van der Waals surface area contributed by atoms with Crippen molar-refractivity contribution in [1.29, 1.82) is 0 Å². The molecular weight excluding hydrogens is 688 g/mol. The average Bonchev–Trinajstić information content (AvgIpc) is 3.64. The highest BCUT2D eigenvalue weighted by atomic mass is 19.4. The number of alkyl halides is 3. The molecule has 0 atom stereocenters. The molecule has 0 bridgehead atoms. The van der Waals surface area contributed by atoms with E-state index in [0.717, 1.165) is 88.9 Å². The fraction of sp³-hybridized carbons (Fsp3) is 0.122. The van der Waals surface area contributed by atoms with Gasteiger partial charge in [-0.15, -0.1) is 0 Å². The summed E-state index contributed by atoms with van der Waals surface area (Å²) in [6.45, 7) is 18.5. The molecule has 0 saturated heterocycles. The van der Waals surface area contributed by atoms with E-state index < -0.39 is 11.7 Å². The molecule has 268 valence electrons. The molecule has 0 unspecified atom stereocenters. The quantitative estimate of drug-likeness (QED) is 0.161. The molecule has 0 aliphatic carbocycles. The topological polar surface area (TPSA) is 14.2 Å². The molecule has 0 aliphatic rings. The standard InChI is InChI=1S/C49H36F3N3/c1-28-7-16-44-38(21-28)39-22-29(2)8-17-45(39)54(44)35-13-15-43(53-6)37(27-35)42-26-33(36-14-12-34(25-32(36)5)49(50,51)52)11-20-48(42)55-46-18-9-30(3)23-40(46)41-24-31(4)10-19-47(41)55/h7-27H,1-5H3. The van der Waals surface area contributed by atoms with E-state index in [9.17, 15) is 13.2 Å². The molecule has 0 amide bonds. The zero-order chi connectivity index (χ0) is 38.3. The zero-order valence-corrected chi connectivity index (χ0v) is 31.1. The first-order chi connectivity index (χ1) is 26.4. The highest BCUT2D eigenvalue weighted by Crippen LogP contribution is 2.44. The van der Waals surface area contributed by atoms with Gasteiger partial charge in [0, 0.05) is 27.2 Å². The molecule has 9 aromatic rings. The molecule has 2 heterocycles. The molecule has 0 aliphatic heterocycles. The van der Waals surface area contributed by atoms with Gasteiger partial charge in [0.05, 0.1) is 39.9 Å². The summed E-state index contributed by atoms with van der Waals surface area (Å²) < 4.78 is 45.7. The van der Waals surface area contributed by atoms with Crippen LogP contribution in [0.25, 0.3) is 82.1 Å².